The van der Waals surface area contributed by atoms with E-state index in [0.29, 0.717) is 12.6 Å². The third-order valence-corrected chi connectivity index (χ3v) is 8.66. The molecule has 3 aliphatic heterocycles. The van der Waals surface area contributed by atoms with Gasteiger partial charge in [0.15, 0.2) is 6.10 Å². The molecule has 0 radical (unpaired) electrons. The monoisotopic (exact) mass is 567 g/mol. The summed E-state index contributed by atoms with van der Waals surface area (Å²) in [7, 11) is 2.07. The van der Waals surface area contributed by atoms with Crippen LogP contribution in [-0.4, -0.2) is 93.2 Å². The van der Waals surface area contributed by atoms with E-state index >= 15 is 0 Å². The molecule has 4 rings (SSSR count). The molecule has 1 aromatic rings. The predicted octanol–water partition coefficient (Wildman–Crippen LogP) is 3.98. The molecule has 8 atom stereocenters. The van der Waals surface area contributed by atoms with E-state index in [1.54, 1.807) is 24.1 Å². The first-order valence-corrected chi connectivity index (χ1v) is 14.7. The first kappa shape index (κ1) is 30.9. The molecule has 2 saturated heterocycles. The number of piperazine rings is 1. The second-order valence-electron chi connectivity index (χ2n) is 12.2. The first-order chi connectivity index (χ1) is 19.4. The summed E-state index contributed by atoms with van der Waals surface area (Å²) < 4.78 is 11.8. The van der Waals surface area contributed by atoms with Crippen LogP contribution in [0.1, 0.15) is 65.0 Å². The molecule has 0 unspecified atom stereocenters. The van der Waals surface area contributed by atoms with Crippen molar-refractivity contribution in [3.05, 3.63) is 66.0 Å². The van der Waals surface area contributed by atoms with Gasteiger partial charge in [0.2, 0.25) is 0 Å². The van der Waals surface area contributed by atoms with E-state index in [9.17, 15) is 19.8 Å². The lowest BCUT2D eigenvalue weighted by Crippen LogP contribution is -2.50. The Hall–Kier alpha value is -3.01. The number of hydrogen-bond donors (Lipinski definition) is 2. The number of amides is 1. The topological polar surface area (TPSA) is 112 Å². The Bertz CT molecular complexity index is 1150. The van der Waals surface area contributed by atoms with Gasteiger partial charge in [-0.3, -0.25) is 14.7 Å². The lowest BCUT2D eigenvalue weighted by atomic mass is 9.88. The van der Waals surface area contributed by atoms with Gasteiger partial charge >= 0.3 is 12.1 Å². The summed E-state index contributed by atoms with van der Waals surface area (Å²) in [6.07, 6.45) is 9.27. The molecule has 1 amide bonds. The Kier molecular flexibility index (Phi) is 10.0. The third kappa shape index (κ3) is 7.84. The molecule has 224 valence electrons. The van der Waals surface area contributed by atoms with Crippen LogP contribution in [0.2, 0.25) is 0 Å². The van der Waals surface area contributed by atoms with Gasteiger partial charge in [-0.2, -0.15) is 0 Å². The van der Waals surface area contributed by atoms with Crippen LogP contribution in [0, 0.1) is 5.92 Å². The number of ether oxygens (including phenoxy) is 2. The van der Waals surface area contributed by atoms with Crippen LogP contribution in [0.25, 0.3) is 0 Å². The van der Waals surface area contributed by atoms with Crippen molar-refractivity contribution in [2.75, 3.05) is 20.1 Å². The van der Waals surface area contributed by atoms with Gasteiger partial charge in [0, 0.05) is 48.9 Å². The number of esters is 1. The number of aromatic nitrogens is 1. The largest absolute Gasteiger partial charge is 0.457 e. The number of rotatable bonds is 5. The summed E-state index contributed by atoms with van der Waals surface area (Å²) >= 11 is 0. The number of allylic oxidation sites excluding steroid dienone is 3. The Morgan fingerprint density at radius 1 is 1.27 bits per heavy atom. The molecular formula is C32H45N3O6. The fourth-order valence-electron chi connectivity index (χ4n) is 5.93. The maximum atomic E-state index is 13.2. The highest BCUT2D eigenvalue weighted by Crippen LogP contribution is 2.32. The number of likely N-dealkylation sites (tertiary alicyclic amines) is 2. The molecule has 4 heterocycles. The Morgan fingerprint density at radius 2 is 2.05 bits per heavy atom. The summed E-state index contributed by atoms with van der Waals surface area (Å²) in [6, 6.07) is 6.26. The van der Waals surface area contributed by atoms with Crippen molar-refractivity contribution < 1.29 is 29.3 Å². The van der Waals surface area contributed by atoms with Crippen molar-refractivity contribution in [2.45, 2.75) is 95.3 Å². The molecule has 0 spiro atoms. The van der Waals surface area contributed by atoms with Crippen LogP contribution >= 0.6 is 0 Å². The standard InChI is InChI=1S/C32H45N3O6/c1-21(27-11-6-7-16-33-27)9-8-10-22(2)30-23(3)12-13-28(32(4,39)15-14-26(36)18-29(37)41-30)40-31(38)35-20-24-17-25(35)19-34(24)5/h6-13,16,21,23-26,28,30,36,39H,14-15,17-20H2,1-5H3/b9-8+,13-12+,22-10+/t21-,23-,24-,25+,26+,28+,30+,32-/m1/s1. The Morgan fingerprint density at radius 3 is 2.71 bits per heavy atom. The number of pyridine rings is 1. The van der Waals surface area contributed by atoms with E-state index in [-0.39, 0.29) is 37.1 Å². The smallest absolute Gasteiger partial charge is 0.410 e. The van der Waals surface area contributed by atoms with Crippen LogP contribution in [0.5, 0.6) is 0 Å². The number of carbonyl (C=O) groups excluding carboxylic acids is 2. The molecule has 2 bridgehead atoms. The zero-order valence-corrected chi connectivity index (χ0v) is 24.8. The molecule has 0 saturated carbocycles. The number of likely N-dealkylation sites (N-methyl/N-ethyl adjacent to an activating group) is 1. The molecule has 0 aliphatic carbocycles. The number of aliphatic hydroxyl groups is 2. The maximum Gasteiger partial charge on any atom is 0.410 e. The highest BCUT2D eigenvalue weighted by Gasteiger charge is 2.45. The number of hydrogen-bond acceptors (Lipinski definition) is 8. The maximum absolute atomic E-state index is 13.2. The van der Waals surface area contributed by atoms with E-state index in [4.69, 9.17) is 9.47 Å². The normalized spacial score (nSPS) is 35.0. The SMILES string of the molecule is C/C(=C\C=C\[C@@H](C)c1ccccn1)[C@@H]1OC(=O)C[C@@H](O)CC[C@@](C)(O)[C@@H](OC(=O)N2C[C@H]3C[C@H]2CN3C)/C=C/[C@H]1C. The average molecular weight is 568 g/mol. The summed E-state index contributed by atoms with van der Waals surface area (Å²) in [4.78, 5) is 34.4. The molecule has 9 heteroatoms. The minimum Gasteiger partial charge on any atom is -0.457 e. The second kappa shape index (κ2) is 13.3. The van der Waals surface area contributed by atoms with Gasteiger partial charge in [-0.15, -0.1) is 0 Å². The van der Waals surface area contributed by atoms with E-state index in [2.05, 4.69) is 23.9 Å². The van der Waals surface area contributed by atoms with Crippen molar-refractivity contribution in [2.24, 2.45) is 5.92 Å². The predicted molar refractivity (Wildman–Crippen MR) is 156 cm³/mol. The fourth-order valence-corrected chi connectivity index (χ4v) is 5.93. The van der Waals surface area contributed by atoms with Crippen molar-refractivity contribution in [1.29, 1.82) is 0 Å². The fraction of sp³-hybridized carbons (Fsp3) is 0.594. The van der Waals surface area contributed by atoms with Gasteiger partial charge in [-0.1, -0.05) is 44.2 Å². The zero-order valence-electron chi connectivity index (χ0n) is 24.8. The van der Waals surface area contributed by atoms with E-state index in [1.807, 2.05) is 56.4 Å². The number of aliphatic hydroxyl groups excluding tert-OH is 1. The van der Waals surface area contributed by atoms with Crippen molar-refractivity contribution in [3.8, 4) is 0 Å². The van der Waals surface area contributed by atoms with Gasteiger partial charge in [0.05, 0.1) is 12.5 Å². The van der Waals surface area contributed by atoms with Crippen molar-refractivity contribution in [3.63, 3.8) is 0 Å². The summed E-state index contributed by atoms with van der Waals surface area (Å²) in [5.41, 5.74) is 0.346. The van der Waals surface area contributed by atoms with Crippen LogP contribution in [0.3, 0.4) is 0 Å². The van der Waals surface area contributed by atoms with E-state index < -0.39 is 36.0 Å². The second-order valence-corrected chi connectivity index (χ2v) is 12.2. The minimum absolute atomic E-state index is 0.107. The molecule has 41 heavy (non-hydrogen) atoms. The van der Waals surface area contributed by atoms with Crippen LogP contribution in [0.15, 0.2) is 60.3 Å². The highest BCUT2D eigenvalue weighted by molar-refractivity contribution is 5.70. The molecule has 3 aliphatic rings. The number of nitrogens with zero attached hydrogens (tertiary/aromatic N) is 3. The number of fused-ring (bicyclic) bond motifs is 2. The first-order valence-electron chi connectivity index (χ1n) is 14.7. The average Bonchev–Trinajstić information content (AvgIpc) is 3.52. The molecule has 9 nitrogen and oxygen atoms in total. The van der Waals surface area contributed by atoms with Crippen LogP contribution < -0.4 is 0 Å². The lowest BCUT2D eigenvalue weighted by molar-refractivity contribution is -0.151. The van der Waals surface area contributed by atoms with Crippen LogP contribution in [0.4, 0.5) is 4.79 Å². The molecule has 2 fully saturated rings. The van der Waals surface area contributed by atoms with Gasteiger partial charge in [0.25, 0.3) is 0 Å². The van der Waals surface area contributed by atoms with Gasteiger partial charge in [0.1, 0.15) is 11.7 Å². The summed E-state index contributed by atoms with van der Waals surface area (Å²) in [6.45, 7) is 8.90. The molecular weight excluding hydrogens is 522 g/mol. The molecule has 1 aromatic heterocycles. The number of carbonyl (C=O) groups is 2. The third-order valence-electron chi connectivity index (χ3n) is 8.66. The zero-order chi connectivity index (χ0) is 29.7. The Labute approximate surface area is 243 Å². The molecule has 0 aromatic carbocycles. The Balaban J connectivity index is 1.52. The van der Waals surface area contributed by atoms with Crippen molar-refractivity contribution in [1.82, 2.24) is 14.8 Å². The van der Waals surface area contributed by atoms with Gasteiger partial charge in [-0.05, 0) is 63.9 Å². The van der Waals surface area contributed by atoms with Crippen molar-refractivity contribution >= 4 is 12.1 Å². The highest BCUT2D eigenvalue weighted by atomic mass is 16.6. The minimum atomic E-state index is -1.43. The number of cyclic esters (lactones) is 1. The lowest BCUT2D eigenvalue weighted by Gasteiger charge is -2.36. The quantitative estimate of drug-likeness (QED) is 0.312. The van der Waals surface area contributed by atoms with Gasteiger partial charge < -0.3 is 24.6 Å². The van der Waals surface area contributed by atoms with Crippen LogP contribution in [-0.2, 0) is 14.3 Å². The van der Waals surface area contributed by atoms with E-state index in [0.717, 1.165) is 24.2 Å². The molecule has 2 N–H and O–H groups in total. The summed E-state index contributed by atoms with van der Waals surface area (Å²) in [5.74, 6) is -0.684. The van der Waals surface area contributed by atoms with E-state index in [1.165, 1.54) is 0 Å². The summed E-state index contributed by atoms with van der Waals surface area (Å²) in [5, 5.41) is 21.9. The van der Waals surface area contributed by atoms with Gasteiger partial charge in [-0.25, -0.2) is 4.79 Å².